The molecule has 88 valence electrons. The van der Waals surface area contributed by atoms with Gasteiger partial charge in [-0.05, 0) is 18.4 Å². The van der Waals surface area contributed by atoms with Crippen molar-refractivity contribution >= 4 is 0 Å². The Kier molecular flexibility index (Phi) is 2.92. The molecule has 0 bridgehead atoms. The van der Waals surface area contributed by atoms with E-state index in [0.717, 1.165) is 24.5 Å². The quantitative estimate of drug-likeness (QED) is 0.855. The monoisotopic (exact) mass is 228 g/mol. The second-order valence-electron chi connectivity index (χ2n) is 4.58. The van der Waals surface area contributed by atoms with Crippen molar-refractivity contribution in [3.8, 4) is 0 Å². The van der Waals surface area contributed by atoms with Crippen LogP contribution in [0.5, 0.6) is 0 Å². The van der Waals surface area contributed by atoms with Gasteiger partial charge in [-0.1, -0.05) is 35.5 Å². The molecule has 1 saturated carbocycles. The third-order valence-corrected chi connectivity index (χ3v) is 3.03. The van der Waals surface area contributed by atoms with Gasteiger partial charge >= 0.3 is 0 Å². The molecule has 0 saturated heterocycles. The second kappa shape index (κ2) is 4.72. The highest BCUT2D eigenvalue weighted by atomic mass is 16.5. The molecule has 1 aromatic carbocycles. The molecule has 0 radical (unpaired) electrons. The van der Waals surface area contributed by atoms with Gasteiger partial charge in [0, 0.05) is 25.1 Å². The van der Waals surface area contributed by atoms with Crippen molar-refractivity contribution in [3.05, 3.63) is 53.4 Å². The summed E-state index contributed by atoms with van der Waals surface area (Å²) in [5, 5.41) is 7.44. The van der Waals surface area contributed by atoms with E-state index in [9.17, 15) is 0 Å². The summed E-state index contributed by atoms with van der Waals surface area (Å²) in [6.07, 6.45) is 2.51. The third kappa shape index (κ3) is 2.74. The summed E-state index contributed by atoms with van der Waals surface area (Å²) in [7, 11) is 0. The largest absolute Gasteiger partial charge is 0.361 e. The van der Waals surface area contributed by atoms with E-state index in [1.54, 1.807) is 0 Å². The summed E-state index contributed by atoms with van der Waals surface area (Å²) in [5.74, 6) is 1.70. The highest BCUT2D eigenvalue weighted by molar-refractivity contribution is 5.16. The molecular formula is C14H16N2O. The molecular weight excluding hydrogens is 212 g/mol. The maximum absolute atomic E-state index is 5.30. The van der Waals surface area contributed by atoms with Crippen LogP contribution in [0.2, 0.25) is 0 Å². The van der Waals surface area contributed by atoms with Crippen molar-refractivity contribution in [1.29, 1.82) is 0 Å². The Labute approximate surface area is 101 Å². The first-order chi connectivity index (χ1) is 8.42. The predicted molar refractivity (Wildman–Crippen MR) is 65.5 cm³/mol. The molecule has 1 N–H and O–H groups in total. The average Bonchev–Trinajstić information content (AvgIpc) is 3.11. The average molecular weight is 228 g/mol. The van der Waals surface area contributed by atoms with E-state index in [2.05, 4.69) is 40.8 Å². The fourth-order valence-corrected chi connectivity index (χ4v) is 1.90. The number of nitrogens with one attached hydrogen (secondary N) is 1. The van der Waals surface area contributed by atoms with Gasteiger partial charge in [-0.15, -0.1) is 0 Å². The Hall–Kier alpha value is -1.61. The standard InChI is InChI=1S/C14H16N2O/c1-2-4-11(5-3-1)9-15-10-13-8-14(17-16-13)12-6-7-12/h1-5,8,12,15H,6-7,9-10H2. The molecule has 0 unspecified atom stereocenters. The van der Waals surface area contributed by atoms with E-state index in [1.807, 2.05) is 6.07 Å². The Balaban J connectivity index is 1.50. The molecule has 3 heteroatoms. The number of nitrogens with zero attached hydrogens (tertiary/aromatic N) is 1. The van der Waals surface area contributed by atoms with Crippen molar-refractivity contribution in [2.24, 2.45) is 0 Å². The molecule has 1 aliphatic carbocycles. The summed E-state index contributed by atoms with van der Waals surface area (Å²) >= 11 is 0. The topological polar surface area (TPSA) is 38.1 Å². The number of benzene rings is 1. The summed E-state index contributed by atoms with van der Waals surface area (Å²) in [6.45, 7) is 1.64. The molecule has 0 amide bonds. The van der Waals surface area contributed by atoms with Crippen LogP contribution >= 0.6 is 0 Å². The highest BCUT2D eigenvalue weighted by Gasteiger charge is 2.27. The van der Waals surface area contributed by atoms with Gasteiger partial charge in [-0.2, -0.15) is 0 Å². The van der Waals surface area contributed by atoms with Crippen LogP contribution in [0.4, 0.5) is 0 Å². The van der Waals surface area contributed by atoms with Crippen LogP contribution in [0.1, 0.15) is 35.8 Å². The van der Waals surface area contributed by atoms with Gasteiger partial charge in [0.05, 0.1) is 5.69 Å². The summed E-state index contributed by atoms with van der Waals surface area (Å²) in [4.78, 5) is 0. The molecule has 2 aromatic rings. The lowest BCUT2D eigenvalue weighted by atomic mass is 10.2. The predicted octanol–water partition coefficient (Wildman–Crippen LogP) is 2.84. The van der Waals surface area contributed by atoms with Crippen molar-refractivity contribution in [2.75, 3.05) is 0 Å². The smallest absolute Gasteiger partial charge is 0.140 e. The fraction of sp³-hybridized carbons (Fsp3) is 0.357. The minimum atomic E-state index is 0.644. The lowest BCUT2D eigenvalue weighted by Crippen LogP contribution is -2.12. The van der Waals surface area contributed by atoms with E-state index in [-0.39, 0.29) is 0 Å². The van der Waals surface area contributed by atoms with Crippen LogP contribution in [0.3, 0.4) is 0 Å². The third-order valence-electron chi connectivity index (χ3n) is 3.03. The SMILES string of the molecule is c1ccc(CNCc2cc(C3CC3)on2)cc1. The minimum Gasteiger partial charge on any atom is -0.361 e. The maximum atomic E-state index is 5.30. The zero-order valence-electron chi connectivity index (χ0n) is 9.73. The van der Waals surface area contributed by atoms with E-state index in [1.165, 1.54) is 18.4 Å². The molecule has 1 heterocycles. The Morgan fingerprint density at radius 1 is 1.18 bits per heavy atom. The Morgan fingerprint density at radius 3 is 2.76 bits per heavy atom. The van der Waals surface area contributed by atoms with Gasteiger partial charge in [-0.25, -0.2) is 0 Å². The first-order valence-electron chi connectivity index (χ1n) is 6.12. The molecule has 0 aliphatic heterocycles. The van der Waals surface area contributed by atoms with Gasteiger partial charge in [0.15, 0.2) is 0 Å². The van der Waals surface area contributed by atoms with Gasteiger partial charge in [-0.3, -0.25) is 0 Å². The molecule has 0 atom stereocenters. The number of hydrogen-bond donors (Lipinski definition) is 1. The van der Waals surface area contributed by atoms with E-state index in [0.29, 0.717) is 5.92 Å². The van der Waals surface area contributed by atoms with Gasteiger partial charge < -0.3 is 9.84 Å². The molecule has 1 aliphatic rings. The van der Waals surface area contributed by atoms with Crippen LogP contribution in [0.15, 0.2) is 40.9 Å². The lowest BCUT2D eigenvalue weighted by Gasteiger charge is -2.01. The number of rotatable bonds is 5. The van der Waals surface area contributed by atoms with Crippen LogP contribution in [-0.4, -0.2) is 5.16 Å². The summed E-state index contributed by atoms with van der Waals surface area (Å²) < 4.78 is 5.30. The summed E-state index contributed by atoms with van der Waals surface area (Å²) in [5.41, 5.74) is 2.29. The van der Waals surface area contributed by atoms with Crippen LogP contribution in [0.25, 0.3) is 0 Å². The molecule has 1 aromatic heterocycles. The van der Waals surface area contributed by atoms with E-state index < -0.39 is 0 Å². The molecule has 3 rings (SSSR count). The normalized spacial score (nSPS) is 15.1. The summed E-state index contributed by atoms with van der Waals surface area (Å²) in [6, 6.07) is 12.5. The highest BCUT2D eigenvalue weighted by Crippen LogP contribution is 2.40. The molecule has 3 nitrogen and oxygen atoms in total. The van der Waals surface area contributed by atoms with Gasteiger partial charge in [0.25, 0.3) is 0 Å². The van der Waals surface area contributed by atoms with E-state index >= 15 is 0 Å². The maximum Gasteiger partial charge on any atom is 0.140 e. The van der Waals surface area contributed by atoms with Crippen LogP contribution in [0, 0.1) is 0 Å². The Morgan fingerprint density at radius 2 is 2.00 bits per heavy atom. The second-order valence-corrected chi connectivity index (χ2v) is 4.58. The molecule has 1 fully saturated rings. The number of aromatic nitrogens is 1. The lowest BCUT2D eigenvalue weighted by molar-refractivity contribution is 0.376. The van der Waals surface area contributed by atoms with Crippen LogP contribution < -0.4 is 5.32 Å². The van der Waals surface area contributed by atoms with E-state index in [4.69, 9.17) is 4.52 Å². The minimum absolute atomic E-state index is 0.644. The Bertz CT molecular complexity index is 474. The van der Waals surface area contributed by atoms with Crippen LogP contribution in [-0.2, 0) is 13.1 Å². The van der Waals surface area contributed by atoms with Crippen molar-refractivity contribution in [3.63, 3.8) is 0 Å². The zero-order valence-corrected chi connectivity index (χ0v) is 9.73. The first kappa shape index (κ1) is 10.5. The van der Waals surface area contributed by atoms with Crippen molar-refractivity contribution in [1.82, 2.24) is 10.5 Å². The zero-order chi connectivity index (χ0) is 11.5. The van der Waals surface area contributed by atoms with Gasteiger partial charge in [0.2, 0.25) is 0 Å². The molecule has 0 spiro atoms. The van der Waals surface area contributed by atoms with Crippen molar-refractivity contribution < 1.29 is 4.52 Å². The number of hydrogen-bond acceptors (Lipinski definition) is 3. The van der Waals surface area contributed by atoms with Gasteiger partial charge in [0.1, 0.15) is 5.76 Å². The fourth-order valence-electron chi connectivity index (χ4n) is 1.90. The first-order valence-corrected chi connectivity index (χ1v) is 6.12. The molecule has 17 heavy (non-hydrogen) atoms. The van der Waals surface area contributed by atoms with Crippen molar-refractivity contribution in [2.45, 2.75) is 31.8 Å².